The van der Waals surface area contributed by atoms with Gasteiger partial charge >= 0.3 is 6.09 Å². The number of carbonyl (C=O) groups excluding carboxylic acids is 1. The van der Waals surface area contributed by atoms with E-state index >= 15 is 0 Å². The number of likely N-dealkylation sites (tertiary alicyclic amines) is 1. The maximum absolute atomic E-state index is 12.2. The number of ether oxygens (including phenoxy) is 1. The van der Waals surface area contributed by atoms with Crippen LogP contribution in [0.25, 0.3) is 0 Å². The van der Waals surface area contributed by atoms with Crippen LogP contribution in [0.3, 0.4) is 0 Å². The number of halogens is 1. The van der Waals surface area contributed by atoms with Gasteiger partial charge in [-0.1, -0.05) is 15.9 Å². The number of rotatable bonds is 1. The van der Waals surface area contributed by atoms with Crippen LogP contribution in [0.5, 0.6) is 0 Å². The molecule has 0 aromatic carbocycles. The van der Waals surface area contributed by atoms with Crippen molar-refractivity contribution in [1.82, 2.24) is 9.88 Å². The first-order chi connectivity index (χ1) is 9.83. The summed E-state index contributed by atoms with van der Waals surface area (Å²) in [6.07, 6.45) is 2.60. The molecule has 21 heavy (non-hydrogen) atoms. The largest absolute Gasteiger partial charge is 0.444 e. The fraction of sp³-hybridized carbons (Fsp3) is 0.600. The number of anilines is 1. The second-order valence-electron chi connectivity index (χ2n) is 6.66. The third kappa shape index (κ3) is 3.00. The van der Waals surface area contributed by atoms with Crippen molar-refractivity contribution in [2.45, 2.75) is 44.9 Å². The number of fused-ring (bicyclic) bond motifs is 2. The van der Waals surface area contributed by atoms with Crippen molar-refractivity contribution in [1.29, 1.82) is 0 Å². The van der Waals surface area contributed by atoms with Crippen LogP contribution >= 0.6 is 15.9 Å². The van der Waals surface area contributed by atoms with Gasteiger partial charge < -0.3 is 14.5 Å². The first-order valence-electron chi connectivity index (χ1n) is 7.21. The van der Waals surface area contributed by atoms with E-state index in [-0.39, 0.29) is 12.1 Å². The van der Waals surface area contributed by atoms with Gasteiger partial charge in [0.2, 0.25) is 0 Å². The Hall–Kier alpha value is -1.30. The van der Waals surface area contributed by atoms with E-state index < -0.39 is 5.60 Å². The van der Waals surface area contributed by atoms with Crippen molar-refractivity contribution < 1.29 is 9.53 Å². The van der Waals surface area contributed by atoms with Crippen molar-refractivity contribution in [2.75, 3.05) is 18.0 Å². The molecular formula is C15H20BrN3O2. The van der Waals surface area contributed by atoms with Crippen LogP contribution < -0.4 is 4.90 Å². The van der Waals surface area contributed by atoms with Crippen LogP contribution in [0.2, 0.25) is 0 Å². The fourth-order valence-corrected chi connectivity index (χ4v) is 3.37. The number of amides is 1. The zero-order valence-electron chi connectivity index (χ0n) is 12.5. The van der Waals surface area contributed by atoms with Gasteiger partial charge in [-0.3, -0.25) is 0 Å². The molecule has 3 rings (SSSR count). The van der Waals surface area contributed by atoms with Gasteiger partial charge in [0, 0.05) is 23.8 Å². The highest BCUT2D eigenvalue weighted by atomic mass is 79.9. The zero-order valence-corrected chi connectivity index (χ0v) is 14.1. The Morgan fingerprint density at radius 3 is 2.71 bits per heavy atom. The van der Waals surface area contributed by atoms with Crippen molar-refractivity contribution >= 4 is 27.8 Å². The molecule has 0 spiro atoms. The Morgan fingerprint density at radius 2 is 2.14 bits per heavy atom. The molecule has 2 bridgehead atoms. The number of hydrogen-bond acceptors (Lipinski definition) is 4. The third-order valence-electron chi connectivity index (χ3n) is 3.87. The summed E-state index contributed by atoms with van der Waals surface area (Å²) in [5.41, 5.74) is -0.440. The number of nitrogens with zero attached hydrogens (tertiary/aromatic N) is 3. The highest BCUT2D eigenvalue weighted by molar-refractivity contribution is 9.10. The maximum atomic E-state index is 12.2. The highest BCUT2D eigenvalue weighted by Gasteiger charge is 2.46. The topological polar surface area (TPSA) is 45.7 Å². The van der Waals surface area contributed by atoms with Gasteiger partial charge in [-0.2, -0.15) is 0 Å². The molecule has 2 saturated heterocycles. The molecule has 0 N–H and O–H groups in total. The van der Waals surface area contributed by atoms with Gasteiger partial charge in [0.1, 0.15) is 11.4 Å². The van der Waals surface area contributed by atoms with Crippen LogP contribution in [0.4, 0.5) is 10.6 Å². The molecule has 1 aromatic rings. The van der Waals surface area contributed by atoms with Crippen molar-refractivity contribution in [3.63, 3.8) is 0 Å². The zero-order chi connectivity index (χ0) is 15.2. The van der Waals surface area contributed by atoms with E-state index in [1.807, 2.05) is 37.8 Å². The first-order valence-corrected chi connectivity index (χ1v) is 8.00. The molecule has 2 unspecified atom stereocenters. The maximum Gasteiger partial charge on any atom is 0.410 e. The third-order valence-corrected chi connectivity index (χ3v) is 4.36. The van der Waals surface area contributed by atoms with Gasteiger partial charge in [0.15, 0.2) is 0 Å². The van der Waals surface area contributed by atoms with E-state index in [1.165, 1.54) is 0 Å². The van der Waals surface area contributed by atoms with Crippen LogP contribution in [0.15, 0.2) is 22.8 Å². The number of piperazine rings is 1. The minimum absolute atomic E-state index is 0.197. The average Bonchev–Trinajstić information content (AvgIpc) is 2.96. The molecule has 2 aliphatic heterocycles. The predicted molar refractivity (Wildman–Crippen MR) is 84.4 cm³/mol. The number of pyridine rings is 1. The fourth-order valence-electron chi connectivity index (χ4n) is 3.04. The molecule has 0 aliphatic carbocycles. The summed E-state index contributed by atoms with van der Waals surface area (Å²) >= 11 is 3.48. The van der Waals surface area contributed by atoms with Gasteiger partial charge in [0.05, 0.1) is 12.1 Å². The summed E-state index contributed by atoms with van der Waals surface area (Å²) in [4.78, 5) is 20.8. The quantitative estimate of drug-likeness (QED) is 0.778. The first kappa shape index (κ1) is 14.6. The lowest BCUT2D eigenvalue weighted by atomic mass is 10.2. The summed E-state index contributed by atoms with van der Waals surface area (Å²) in [6.45, 7) is 7.24. The lowest BCUT2D eigenvalue weighted by Crippen LogP contribution is -2.50. The number of aromatic nitrogens is 1. The monoisotopic (exact) mass is 353 g/mol. The molecule has 0 saturated carbocycles. The molecule has 2 aliphatic rings. The van der Waals surface area contributed by atoms with Gasteiger partial charge in [-0.05, 0) is 39.3 Å². The Balaban J connectivity index is 1.68. The summed E-state index contributed by atoms with van der Waals surface area (Å²) in [5, 5.41) is 0. The second-order valence-corrected chi connectivity index (χ2v) is 7.58. The summed E-state index contributed by atoms with van der Waals surface area (Å²) in [5.74, 6) is 0.973. The van der Waals surface area contributed by atoms with Crippen molar-refractivity contribution in [2.24, 2.45) is 0 Å². The summed E-state index contributed by atoms with van der Waals surface area (Å²) in [6, 6.07) is 4.51. The van der Waals surface area contributed by atoms with E-state index in [0.29, 0.717) is 12.6 Å². The molecule has 0 radical (unpaired) electrons. The van der Waals surface area contributed by atoms with E-state index in [2.05, 4.69) is 25.8 Å². The van der Waals surface area contributed by atoms with Crippen molar-refractivity contribution in [3.8, 4) is 0 Å². The second kappa shape index (κ2) is 5.16. The van der Waals surface area contributed by atoms with Crippen LogP contribution in [-0.2, 0) is 4.74 Å². The predicted octanol–water partition coefficient (Wildman–Crippen LogP) is 3.04. The lowest BCUT2D eigenvalue weighted by Gasteiger charge is -2.35. The molecule has 5 nitrogen and oxygen atoms in total. The Bertz CT molecular complexity index is 558. The highest BCUT2D eigenvalue weighted by Crippen LogP contribution is 2.35. The van der Waals surface area contributed by atoms with E-state index in [1.54, 1.807) is 6.20 Å². The summed E-state index contributed by atoms with van der Waals surface area (Å²) in [7, 11) is 0. The molecule has 2 atom stereocenters. The molecule has 1 aromatic heterocycles. The standard InChI is InChI=1S/C15H20BrN3O2/c1-15(2,3)21-14(20)19-9-11-7-12(19)8-18(11)13-6-10(16)4-5-17-13/h4-6,11-12H,7-9H2,1-3H3. The SMILES string of the molecule is CC(C)(C)OC(=O)N1CC2CC1CN2c1cc(Br)ccn1. The molecular weight excluding hydrogens is 334 g/mol. The Morgan fingerprint density at radius 1 is 1.38 bits per heavy atom. The van der Waals surface area contributed by atoms with Crippen LogP contribution in [0.1, 0.15) is 27.2 Å². The average molecular weight is 354 g/mol. The normalized spacial score (nSPS) is 24.6. The minimum Gasteiger partial charge on any atom is -0.444 e. The molecule has 3 heterocycles. The number of carbonyl (C=O) groups is 1. The molecule has 114 valence electrons. The molecule has 6 heteroatoms. The van der Waals surface area contributed by atoms with Crippen molar-refractivity contribution in [3.05, 3.63) is 22.8 Å². The van der Waals surface area contributed by atoms with E-state index in [0.717, 1.165) is 23.3 Å². The lowest BCUT2D eigenvalue weighted by molar-refractivity contribution is 0.0214. The summed E-state index contributed by atoms with van der Waals surface area (Å²) < 4.78 is 6.51. The molecule has 1 amide bonds. The van der Waals surface area contributed by atoms with Gasteiger partial charge in [-0.15, -0.1) is 0 Å². The van der Waals surface area contributed by atoms with Gasteiger partial charge in [0.25, 0.3) is 0 Å². The van der Waals surface area contributed by atoms with E-state index in [4.69, 9.17) is 4.74 Å². The Kier molecular flexibility index (Phi) is 3.59. The minimum atomic E-state index is -0.440. The van der Waals surface area contributed by atoms with E-state index in [9.17, 15) is 4.79 Å². The van der Waals surface area contributed by atoms with Gasteiger partial charge in [-0.25, -0.2) is 9.78 Å². The smallest absolute Gasteiger partial charge is 0.410 e. The van der Waals surface area contributed by atoms with Crippen LogP contribution in [0, 0.1) is 0 Å². The molecule has 2 fully saturated rings. The van der Waals surface area contributed by atoms with Crippen LogP contribution in [-0.4, -0.2) is 46.8 Å². The number of hydrogen-bond donors (Lipinski definition) is 0. The Labute approximate surface area is 133 Å².